The first-order valence-corrected chi connectivity index (χ1v) is 8.60. The van der Waals surface area contributed by atoms with Crippen LogP contribution in [-0.2, 0) is 17.5 Å². The topological polar surface area (TPSA) is 55.2 Å². The molecule has 1 heterocycles. The van der Waals surface area contributed by atoms with Crippen LogP contribution in [0.25, 0.3) is 11.0 Å². The first-order valence-electron chi connectivity index (χ1n) is 8.60. The van der Waals surface area contributed by atoms with E-state index in [0.29, 0.717) is 11.3 Å². The van der Waals surface area contributed by atoms with Gasteiger partial charge in [0.1, 0.15) is 12.4 Å². The fourth-order valence-electron chi connectivity index (χ4n) is 2.89. The number of hydrogen-bond donors (Lipinski definition) is 0. The molecule has 1 aromatic heterocycles. The van der Waals surface area contributed by atoms with Crippen molar-refractivity contribution in [1.82, 2.24) is 9.55 Å². The van der Waals surface area contributed by atoms with Gasteiger partial charge < -0.3 is 4.90 Å². The van der Waals surface area contributed by atoms with E-state index in [1.54, 1.807) is 13.8 Å². The van der Waals surface area contributed by atoms with Crippen molar-refractivity contribution in [1.29, 1.82) is 0 Å². The van der Waals surface area contributed by atoms with Gasteiger partial charge in [0, 0.05) is 12.7 Å². The van der Waals surface area contributed by atoms with Crippen LogP contribution < -0.4 is 10.5 Å². The Labute approximate surface area is 163 Å². The summed E-state index contributed by atoms with van der Waals surface area (Å²) in [5.74, 6) is -1.14. The Bertz CT molecular complexity index is 1150. The molecule has 2 aromatic carbocycles. The minimum atomic E-state index is -4.96. The number of hydrogen-bond acceptors (Lipinski definition) is 3. The number of amides is 1. The normalized spacial score (nSPS) is 11.7. The van der Waals surface area contributed by atoms with Crippen molar-refractivity contribution in [3.05, 3.63) is 69.4 Å². The van der Waals surface area contributed by atoms with Gasteiger partial charge in [-0.2, -0.15) is 13.2 Å². The average molecular weight is 407 g/mol. The van der Waals surface area contributed by atoms with Gasteiger partial charge in [-0.1, -0.05) is 0 Å². The molecule has 29 heavy (non-hydrogen) atoms. The number of anilines is 1. The van der Waals surface area contributed by atoms with Crippen molar-refractivity contribution in [3.8, 4) is 0 Å². The summed E-state index contributed by atoms with van der Waals surface area (Å²) in [7, 11) is 1.39. The highest BCUT2D eigenvalue weighted by atomic mass is 19.4. The van der Waals surface area contributed by atoms with Crippen LogP contribution in [0.15, 0.2) is 41.2 Å². The van der Waals surface area contributed by atoms with Crippen LogP contribution in [0.5, 0.6) is 0 Å². The summed E-state index contributed by atoms with van der Waals surface area (Å²) in [6.07, 6.45) is -4.96. The van der Waals surface area contributed by atoms with Crippen molar-refractivity contribution in [2.75, 3.05) is 11.9 Å². The third kappa shape index (κ3) is 3.98. The standard InChI is InChI=1S/C20H17F4N3O2/c1-11-8-15-16(9-12(11)2)27(19(29)18(25-15)20(22,23)24)10-17(28)26(3)14-6-4-13(21)5-7-14/h4-9H,10H2,1-3H3. The van der Waals surface area contributed by atoms with Gasteiger partial charge in [-0.25, -0.2) is 9.37 Å². The highest BCUT2D eigenvalue weighted by Gasteiger charge is 2.37. The number of likely N-dealkylation sites (N-methyl/N-ethyl adjacent to an activating group) is 1. The number of halogens is 4. The summed E-state index contributed by atoms with van der Waals surface area (Å²) in [5.41, 5.74) is -1.08. The fraction of sp³-hybridized carbons (Fsp3) is 0.250. The maximum atomic E-state index is 13.3. The molecule has 152 valence electrons. The maximum Gasteiger partial charge on any atom is 0.438 e. The molecular formula is C20H17F4N3O2. The lowest BCUT2D eigenvalue weighted by molar-refractivity contribution is -0.142. The van der Waals surface area contributed by atoms with Crippen molar-refractivity contribution >= 4 is 22.6 Å². The van der Waals surface area contributed by atoms with Crippen molar-refractivity contribution in [2.45, 2.75) is 26.6 Å². The van der Waals surface area contributed by atoms with E-state index in [2.05, 4.69) is 4.98 Å². The Kier molecular flexibility index (Phi) is 5.16. The number of aryl methyl sites for hydroxylation is 2. The predicted molar refractivity (Wildman–Crippen MR) is 100 cm³/mol. The minimum absolute atomic E-state index is 0.0303. The van der Waals surface area contributed by atoms with Gasteiger partial charge in [-0.05, 0) is 61.4 Å². The molecule has 0 saturated carbocycles. The second-order valence-electron chi connectivity index (χ2n) is 6.70. The second kappa shape index (κ2) is 7.31. The predicted octanol–water partition coefficient (Wildman–Crippen LogP) is 3.83. The van der Waals surface area contributed by atoms with Crippen LogP contribution in [0, 0.1) is 19.7 Å². The highest BCUT2D eigenvalue weighted by Crippen LogP contribution is 2.27. The van der Waals surface area contributed by atoms with Crippen molar-refractivity contribution in [2.24, 2.45) is 0 Å². The van der Waals surface area contributed by atoms with Crippen LogP contribution in [-0.4, -0.2) is 22.5 Å². The molecule has 3 rings (SSSR count). The molecule has 5 nitrogen and oxygen atoms in total. The summed E-state index contributed by atoms with van der Waals surface area (Å²) in [6.45, 7) is 2.83. The molecule has 0 aliphatic carbocycles. The number of aromatic nitrogens is 2. The Balaban J connectivity index is 2.13. The molecule has 0 radical (unpaired) electrons. The van der Waals surface area contributed by atoms with E-state index < -0.39 is 35.7 Å². The van der Waals surface area contributed by atoms with E-state index in [9.17, 15) is 27.2 Å². The number of rotatable bonds is 3. The van der Waals surface area contributed by atoms with E-state index in [4.69, 9.17) is 0 Å². The van der Waals surface area contributed by atoms with E-state index in [1.807, 2.05) is 0 Å². The van der Waals surface area contributed by atoms with Crippen LogP contribution >= 0.6 is 0 Å². The molecular weight excluding hydrogens is 390 g/mol. The van der Waals surface area contributed by atoms with Gasteiger partial charge in [-0.3, -0.25) is 14.2 Å². The molecule has 1 amide bonds. The van der Waals surface area contributed by atoms with Gasteiger partial charge in [0.05, 0.1) is 11.0 Å². The number of benzene rings is 2. The first kappa shape index (κ1) is 20.5. The van der Waals surface area contributed by atoms with Crippen LogP contribution in [0.3, 0.4) is 0 Å². The molecule has 9 heteroatoms. The molecule has 0 aliphatic rings. The maximum absolute atomic E-state index is 13.3. The molecule has 0 fully saturated rings. The molecule has 0 atom stereocenters. The monoisotopic (exact) mass is 407 g/mol. The molecule has 0 aliphatic heterocycles. The van der Waals surface area contributed by atoms with Crippen LogP contribution in [0.1, 0.15) is 16.8 Å². The lowest BCUT2D eigenvalue weighted by Gasteiger charge is -2.20. The zero-order chi connectivity index (χ0) is 21.5. The summed E-state index contributed by atoms with van der Waals surface area (Å²) in [5, 5.41) is 0. The van der Waals surface area contributed by atoms with Gasteiger partial charge in [-0.15, -0.1) is 0 Å². The Morgan fingerprint density at radius 2 is 1.69 bits per heavy atom. The lowest BCUT2D eigenvalue weighted by Crippen LogP contribution is -2.37. The summed E-state index contributed by atoms with van der Waals surface area (Å²) >= 11 is 0. The van der Waals surface area contributed by atoms with E-state index in [1.165, 1.54) is 31.3 Å². The van der Waals surface area contributed by atoms with Gasteiger partial charge in [0.2, 0.25) is 11.6 Å². The number of alkyl halides is 3. The van der Waals surface area contributed by atoms with E-state index in [0.717, 1.165) is 27.2 Å². The quantitative estimate of drug-likeness (QED) is 0.620. The summed E-state index contributed by atoms with van der Waals surface area (Å²) in [4.78, 5) is 29.9. The minimum Gasteiger partial charge on any atom is -0.314 e. The van der Waals surface area contributed by atoms with Gasteiger partial charge in [0.15, 0.2) is 0 Å². The Morgan fingerprint density at radius 3 is 2.28 bits per heavy atom. The number of carbonyl (C=O) groups excluding carboxylic acids is 1. The largest absolute Gasteiger partial charge is 0.438 e. The molecule has 3 aromatic rings. The van der Waals surface area contributed by atoms with Gasteiger partial charge in [0.25, 0.3) is 5.56 Å². The molecule has 0 saturated heterocycles. The van der Waals surface area contributed by atoms with E-state index in [-0.39, 0.29) is 11.0 Å². The Hall–Kier alpha value is -3.23. The lowest BCUT2D eigenvalue weighted by atomic mass is 10.1. The first-order chi connectivity index (χ1) is 13.5. The molecule has 0 bridgehead atoms. The molecule has 0 spiro atoms. The SMILES string of the molecule is Cc1cc2nc(C(F)(F)F)c(=O)n(CC(=O)N(C)c3ccc(F)cc3)c2cc1C. The third-order valence-corrected chi connectivity index (χ3v) is 4.71. The van der Waals surface area contributed by atoms with Crippen molar-refractivity contribution in [3.63, 3.8) is 0 Å². The number of carbonyl (C=O) groups is 1. The average Bonchev–Trinajstić information content (AvgIpc) is 2.64. The third-order valence-electron chi connectivity index (χ3n) is 4.71. The molecule has 0 unspecified atom stereocenters. The Morgan fingerprint density at radius 1 is 1.10 bits per heavy atom. The fourth-order valence-corrected chi connectivity index (χ4v) is 2.89. The van der Waals surface area contributed by atoms with Crippen LogP contribution in [0.4, 0.5) is 23.2 Å². The highest BCUT2D eigenvalue weighted by molar-refractivity contribution is 5.93. The second-order valence-corrected chi connectivity index (χ2v) is 6.70. The zero-order valence-electron chi connectivity index (χ0n) is 15.8. The zero-order valence-corrected chi connectivity index (χ0v) is 15.8. The van der Waals surface area contributed by atoms with E-state index >= 15 is 0 Å². The smallest absolute Gasteiger partial charge is 0.314 e. The summed E-state index contributed by atoms with van der Waals surface area (Å²) in [6, 6.07) is 8.00. The number of nitrogens with zero attached hydrogens (tertiary/aromatic N) is 3. The van der Waals surface area contributed by atoms with Crippen molar-refractivity contribution < 1.29 is 22.4 Å². The van der Waals surface area contributed by atoms with Crippen LogP contribution in [0.2, 0.25) is 0 Å². The molecule has 0 N–H and O–H groups in total. The summed E-state index contributed by atoms with van der Waals surface area (Å²) < 4.78 is 53.9. The number of fused-ring (bicyclic) bond motifs is 1. The van der Waals surface area contributed by atoms with Gasteiger partial charge >= 0.3 is 6.18 Å².